The summed E-state index contributed by atoms with van der Waals surface area (Å²) >= 11 is 0. The molecule has 0 N–H and O–H groups in total. The molecule has 1 aliphatic carbocycles. The number of nitrogens with zero attached hydrogens (tertiary/aromatic N) is 1. The number of rotatable bonds is 4. The molecular formula is C12H18NO2+. The Morgan fingerprint density at radius 1 is 1.33 bits per heavy atom. The molecule has 1 fully saturated rings. The number of aromatic nitrogens is 1. The minimum Gasteiger partial charge on any atom is -0.438 e. The van der Waals surface area contributed by atoms with Crippen LogP contribution in [0.1, 0.15) is 32.6 Å². The van der Waals surface area contributed by atoms with E-state index in [4.69, 9.17) is 9.57 Å². The molecule has 15 heavy (non-hydrogen) atoms. The lowest BCUT2D eigenvalue weighted by molar-refractivity contribution is -0.892. The first-order chi connectivity index (χ1) is 7.40. The minimum absolute atomic E-state index is 0.374. The Balaban J connectivity index is 2.05. The highest BCUT2D eigenvalue weighted by molar-refractivity contribution is 5.03. The SMILES string of the molecule is CCO[n+]1ccccc1OC1CCCC1. The fourth-order valence-corrected chi connectivity index (χ4v) is 1.93. The molecule has 0 unspecified atom stereocenters. The Labute approximate surface area is 90.6 Å². The molecule has 3 heteroatoms. The van der Waals surface area contributed by atoms with Crippen molar-refractivity contribution in [2.24, 2.45) is 0 Å². The van der Waals surface area contributed by atoms with Crippen molar-refractivity contribution in [3.8, 4) is 5.88 Å². The topological polar surface area (TPSA) is 22.3 Å². The first-order valence-corrected chi connectivity index (χ1v) is 5.71. The van der Waals surface area contributed by atoms with Crippen LogP contribution in [0.5, 0.6) is 5.88 Å². The maximum Gasteiger partial charge on any atom is 0.417 e. The van der Waals surface area contributed by atoms with E-state index in [1.165, 1.54) is 25.7 Å². The van der Waals surface area contributed by atoms with Crippen LogP contribution in [0.15, 0.2) is 24.4 Å². The van der Waals surface area contributed by atoms with Gasteiger partial charge in [-0.2, -0.15) is 0 Å². The van der Waals surface area contributed by atoms with Gasteiger partial charge in [0.15, 0.2) is 6.61 Å². The zero-order chi connectivity index (χ0) is 10.5. The monoisotopic (exact) mass is 208 g/mol. The summed E-state index contributed by atoms with van der Waals surface area (Å²) < 4.78 is 7.60. The van der Waals surface area contributed by atoms with E-state index in [0.717, 1.165) is 5.88 Å². The van der Waals surface area contributed by atoms with Crippen molar-refractivity contribution in [1.82, 2.24) is 0 Å². The molecule has 1 aromatic rings. The molecule has 1 aromatic heterocycles. The van der Waals surface area contributed by atoms with E-state index in [1.807, 2.05) is 31.3 Å². The molecule has 0 aromatic carbocycles. The highest BCUT2D eigenvalue weighted by Gasteiger charge is 2.21. The molecular weight excluding hydrogens is 190 g/mol. The average molecular weight is 208 g/mol. The van der Waals surface area contributed by atoms with Gasteiger partial charge in [0.25, 0.3) is 0 Å². The van der Waals surface area contributed by atoms with Crippen LogP contribution >= 0.6 is 0 Å². The van der Waals surface area contributed by atoms with Crippen LogP contribution in [0.25, 0.3) is 0 Å². The Bertz CT molecular complexity index is 308. The standard InChI is InChI=1S/C12H18NO2/c1-2-14-13-10-6-5-9-12(13)15-11-7-3-4-8-11/h5-6,9-11H,2-4,7-8H2,1H3/q+1. The molecule has 0 bridgehead atoms. The maximum absolute atomic E-state index is 5.90. The number of hydrogen-bond acceptors (Lipinski definition) is 2. The molecule has 2 rings (SSSR count). The van der Waals surface area contributed by atoms with Crippen LogP contribution in [0.4, 0.5) is 0 Å². The lowest BCUT2D eigenvalue weighted by atomic mass is 10.3. The average Bonchev–Trinajstić information content (AvgIpc) is 2.74. The fraction of sp³-hybridized carbons (Fsp3) is 0.583. The van der Waals surface area contributed by atoms with Crippen molar-refractivity contribution in [3.05, 3.63) is 24.4 Å². The molecule has 1 heterocycles. The third kappa shape index (κ3) is 2.61. The van der Waals surface area contributed by atoms with Crippen molar-refractivity contribution in [1.29, 1.82) is 0 Å². The summed E-state index contributed by atoms with van der Waals surface area (Å²) in [4.78, 5) is 5.44. The lowest BCUT2D eigenvalue weighted by Gasteiger charge is -2.09. The number of ether oxygens (including phenoxy) is 1. The quantitative estimate of drug-likeness (QED) is 0.703. The Hall–Kier alpha value is -1.25. The molecule has 1 saturated carbocycles. The largest absolute Gasteiger partial charge is 0.438 e. The van der Waals surface area contributed by atoms with Gasteiger partial charge in [-0.3, -0.25) is 4.84 Å². The zero-order valence-corrected chi connectivity index (χ0v) is 9.19. The lowest BCUT2D eigenvalue weighted by Crippen LogP contribution is -2.44. The predicted octanol–water partition coefficient (Wildman–Crippen LogP) is 1.74. The Kier molecular flexibility index (Phi) is 3.43. The van der Waals surface area contributed by atoms with E-state index in [-0.39, 0.29) is 0 Å². The Morgan fingerprint density at radius 3 is 2.87 bits per heavy atom. The van der Waals surface area contributed by atoms with Crippen LogP contribution in [-0.2, 0) is 0 Å². The zero-order valence-electron chi connectivity index (χ0n) is 9.19. The van der Waals surface area contributed by atoms with Gasteiger partial charge in [-0.15, -0.1) is 0 Å². The van der Waals surface area contributed by atoms with E-state index in [9.17, 15) is 0 Å². The van der Waals surface area contributed by atoms with E-state index in [1.54, 1.807) is 4.73 Å². The molecule has 3 nitrogen and oxygen atoms in total. The molecule has 82 valence electrons. The molecule has 0 radical (unpaired) electrons. The van der Waals surface area contributed by atoms with Crippen molar-refractivity contribution >= 4 is 0 Å². The first kappa shape index (κ1) is 10.3. The molecule has 0 aliphatic heterocycles. The molecule has 0 atom stereocenters. The number of hydrogen-bond donors (Lipinski definition) is 0. The second-order valence-corrected chi connectivity index (χ2v) is 3.81. The van der Waals surface area contributed by atoms with E-state index in [2.05, 4.69) is 0 Å². The van der Waals surface area contributed by atoms with Gasteiger partial charge in [0.2, 0.25) is 6.20 Å². The summed E-state index contributed by atoms with van der Waals surface area (Å²) in [5.74, 6) is 0.811. The molecule has 0 saturated heterocycles. The molecule has 0 spiro atoms. The van der Waals surface area contributed by atoms with Crippen molar-refractivity contribution < 1.29 is 14.3 Å². The van der Waals surface area contributed by atoms with Crippen LogP contribution in [-0.4, -0.2) is 12.7 Å². The predicted molar refractivity (Wildman–Crippen MR) is 56.6 cm³/mol. The van der Waals surface area contributed by atoms with Gasteiger partial charge < -0.3 is 4.74 Å². The molecule has 1 aliphatic rings. The molecule has 0 amide bonds. The highest BCUT2D eigenvalue weighted by Crippen LogP contribution is 2.21. The first-order valence-electron chi connectivity index (χ1n) is 5.71. The maximum atomic E-state index is 5.90. The van der Waals surface area contributed by atoms with Crippen LogP contribution in [0, 0.1) is 0 Å². The van der Waals surface area contributed by atoms with Crippen LogP contribution < -0.4 is 14.3 Å². The third-order valence-corrected chi connectivity index (χ3v) is 2.65. The van der Waals surface area contributed by atoms with Gasteiger partial charge >= 0.3 is 5.88 Å². The second kappa shape index (κ2) is 5.01. The smallest absolute Gasteiger partial charge is 0.417 e. The summed E-state index contributed by atoms with van der Waals surface area (Å²) in [6, 6.07) is 5.87. The normalized spacial score (nSPS) is 16.6. The van der Waals surface area contributed by atoms with Gasteiger partial charge in [0.1, 0.15) is 6.10 Å². The van der Waals surface area contributed by atoms with Gasteiger partial charge in [0, 0.05) is 10.8 Å². The Morgan fingerprint density at radius 2 is 2.13 bits per heavy atom. The van der Waals surface area contributed by atoms with Gasteiger partial charge in [-0.1, -0.05) is 0 Å². The van der Waals surface area contributed by atoms with Gasteiger partial charge in [-0.05, 0) is 38.7 Å². The minimum atomic E-state index is 0.374. The van der Waals surface area contributed by atoms with Gasteiger partial charge in [-0.25, -0.2) is 0 Å². The second-order valence-electron chi connectivity index (χ2n) is 3.81. The van der Waals surface area contributed by atoms with Crippen molar-refractivity contribution in [3.63, 3.8) is 0 Å². The summed E-state index contributed by atoms with van der Waals surface area (Å²) in [6.07, 6.45) is 7.16. The van der Waals surface area contributed by atoms with Crippen molar-refractivity contribution in [2.45, 2.75) is 38.7 Å². The fourth-order valence-electron chi connectivity index (χ4n) is 1.93. The summed E-state index contributed by atoms with van der Waals surface area (Å²) in [7, 11) is 0. The van der Waals surface area contributed by atoms with E-state index < -0.39 is 0 Å². The van der Waals surface area contributed by atoms with E-state index >= 15 is 0 Å². The van der Waals surface area contributed by atoms with E-state index in [0.29, 0.717) is 12.7 Å². The third-order valence-electron chi connectivity index (χ3n) is 2.65. The summed E-state index contributed by atoms with van der Waals surface area (Å²) in [5.41, 5.74) is 0. The van der Waals surface area contributed by atoms with Crippen LogP contribution in [0.2, 0.25) is 0 Å². The summed E-state index contributed by atoms with van der Waals surface area (Å²) in [6.45, 7) is 2.62. The summed E-state index contributed by atoms with van der Waals surface area (Å²) in [5, 5.41) is 0. The highest BCUT2D eigenvalue weighted by atomic mass is 16.7. The van der Waals surface area contributed by atoms with Gasteiger partial charge in [0.05, 0.1) is 6.07 Å². The van der Waals surface area contributed by atoms with Crippen LogP contribution in [0.3, 0.4) is 0 Å². The van der Waals surface area contributed by atoms with Crippen molar-refractivity contribution in [2.75, 3.05) is 6.61 Å². The number of pyridine rings is 1.